The Labute approximate surface area is 132 Å². The van der Waals surface area contributed by atoms with Crippen molar-refractivity contribution in [3.63, 3.8) is 0 Å². The van der Waals surface area contributed by atoms with E-state index in [0.29, 0.717) is 0 Å². The molecular formula is C20H22N2. The maximum absolute atomic E-state index is 4.96. The number of pyridine rings is 2. The third kappa shape index (κ3) is 2.74. The van der Waals surface area contributed by atoms with E-state index in [2.05, 4.69) is 63.0 Å². The number of hydrogen-bond acceptors (Lipinski definition) is 2. The molecule has 0 spiro atoms. The first-order chi connectivity index (χ1) is 10.3. The van der Waals surface area contributed by atoms with Gasteiger partial charge < -0.3 is 0 Å². The Bertz CT molecular complexity index is 825. The second-order valence-corrected chi connectivity index (χ2v) is 7.02. The molecule has 2 aromatic heterocycles. The molecule has 2 nitrogen and oxygen atoms in total. The molecule has 0 bridgehead atoms. The summed E-state index contributed by atoms with van der Waals surface area (Å²) in [5, 5.41) is 2.48. The predicted octanol–water partition coefficient (Wildman–Crippen LogP) is 5.21. The topological polar surface area (TPSA) is 25.8 Å². The normalized spacial score (nSPS) is 11.9. The number of nitrogens with zero attached hydrogens (tertiary/aromatic N) is 2. The second kappa shape index (κ2) is 5.20. The van der Waals surface area contributed by atoms with Gasteiger partial charge in [-0.15, -0.1) is 0 Å². The van der Waals surface area contributed by atoms with Crippen LogP contribution in [0.15, 0.2) is 42.6 Å². The fraction of sp³-hybridized carbons (Fsp3) is 0.300. The molecule has 0 saturated carbocycles. The lowest BCUT2D eigenvalue weighted by molar-refractivity contribution is 0.576. The zero-order valence-corrected chi connectivity index (χ0v) is 13.9. The molecule has 0 aliphatic carbocycles. The lowest BCUT2D eigenvalue weighted by atomic mass is 9.87. The molecular weight excluding hydrogens is 268 g/mol. The highest BCUT2D eigenvalue weighted by atomic mass is 14.7. The van der Waals surface area contributed by atoms with E-state index in [1.807, 2.05) is 19.2 Å². The fourth-order valence-electron chi connectivity index (χ4n) is 2.72. The third-order valence-corrected chi connectivity index (χ3v) is 3.90. The minimum atomic E-state index is 0.00163. The number of fused-ring (bicyclic) bond motifs is 1. The molecule has 0 aliphatic heterocycles. The fourth-order valence-corrected chi connectivity index (χ4v) is 2.72. The molecule has 2 heteroatoms. The van der Waals surface area contributed by atoms with Crippen LogP contribution in [0.5, 0.6) is 0 Å². The average molecular weight is 290 g/mol. The van der Waals surface area contributed by atoms with E-state index in [1.165, 1.54) is 16.3 Å². The molecule has 22 heavy (non-hydrogen) atoms. The van der Waals surface area contributed by atoms with Crippen LogP contribution in [0.2, 0.25) is 0 Å². The number of benzene rings is 1. The van der Waals surface area contributed by atoms with Gasteiger partial charge in [0.15, 0.2) is 0 Å². The third-order valence-electron chi connectivity index (χ3n) is 3.90. The van der Waals surface area contributed by atoms with Crippen LogP contribution in [0, 0.1) is 13.8 Å². The van der Waals surface area contributed by atoms with Gasteiger partial charge in [0.05, 0.1) is 11.4 Å². The molecule has 0 fully saturated rings. The SMILES string of the molecule is Cc1ccc2c(C(C)(C)C)nc(-c3ccc(C)nc3)cc2c1. The summed E-state index contributed by atoms with van der Waals surface area (Å²) in [4.78, 5) is 9.37. The minimum absolute atomic E-state index is 0.00163. The molecule has 3 rings (SSSR count). The van der Waals surface area contributed by atoms with Gasteiger partial charge in [-0.25, -0.2) is 0 Å². The van der Waals surface area contributed by atoms with Crippen LogP contribution in [-0.2, 0) is 5.41 Å². The van der Waals surface area contributed by atoms with Crippen molar-refractivity contribution < 1.29 is 0 Å². The van der Waals surface area contributed by atoms with Crippen molar-refractivity contribution in [2.24, 2.45) is 0 Å². The van der Waals surface area contributed by atoms with Gasteiger partial charge in [-0.1, -0.05) is 44.5 Å². The average Bonchev–Trinajstić information content (AvgIpc) is 2.45. The molecule has 0 amide bonds. The van der Waals surface area contributed by atoms with Crippen molar-refractivity contribution in [3.05, 3.63) is 59.5 Å². The Hall–Kier alpha value is -2.22. The van der Waals surface area contributed by atoms with E-state index in [0.717, 1.165) is 22.6 Å². The molecule has 0 aliphatic rings. The Morgan fingerprint density at radius 2 is 1.68 bits per heavy atom. The number of aromatic nitrogens is 2. The maximum Gasteiger partial charge on any atom is 0.0727 e. The summed E-state index contributed by atoms with van der Waals surface area (Å²) in [6.45, 7) is 10.8. The second-order valence-electron chi connectivity index (χ2n) is 7.02. The first-order valence-corrected chi connectivity index (χ1v) is 7.69. The van der Waals surface area contributed by atoms with Crippen LogP contribution in [-0.4, -0.2) is 9.97 Å². The van der Waals surface area contributed by atoms with Gasteiger partial charge in [0.2, 0.25) is 0 Å². The molecule has 0 atom stereocenters. The zero-order valence-electron chi connectivity index (χ0n) is 13.9. The summed E-state index contributed by atoms with van der Waals surface area (Å²) < 4.78 is 0. The van der Waals surface area contributed by atoms with Crippen molar-refractivity contribution in [2.75, 3.05) is 0 Å². The van der Waals surface area contributed by atoms with Gasteiger partial charge in [-0.3, -0.25) is 9.97 Å². The Morgan fingerprint density at radius 3 is 2.32 bits per heavy atom. The quantitative estimate of drug-likeness (QED) is 0.614. The number of rotatable bonds is 1. The molecule has 2 heterocycles. The van der Waals surface area contributed by atoms with Gasteiger partial charge >= 0.3 is 0 Å². The molecule has 0 unspecified atom stereocenters. The predicted molar refractivity (Wildman–Crippen MR) is 93.1 cm³/mol. The Balaban J connectivity index is 2.30. The molecule has 112 valence electrons. The van der Waals surface area contributed by atoms with E-state index in [4.69, 9.17) is 4.98 Å². The summed E-state index contributed by atoms with van der Waals surface area (Å²) in [6.07, 6.45) is 1.91. The van der Waals surface area contributed by atoms with Crippen LogP contribution in [0.3, 0.4) is 0 Å². The van der Waals surface area contributed by atoms with Crippen molar-refractivity contribution in [2.45, 2.75) is 40.0 Å². The molecule has 0 N–H and O–H groups in total. The summed E-state index contributed by atoms with van der Waals surface area (Å²) in [7, 11) is 0. The van der Waals surface area contributed by atoms with Gasteiger partial charge in [-0.05, 0) is 37.4 Å². The minimum Gasteiger partial charge on any atom is -0.261 e. The highest BCUT2D eigenvalue weighted by Gasteiger charge is 2.20. The van der Waals surface area contributed by atoms with Gasteiger partial charge in [-0.2, -0.15) is 0 Å². The van der Waals surface area contributed by atoms with Crippen molar-refractivity contribution in [1.82, 2.24) is 9.97 Å². The van der Waals surface area contributed by atoms with Crippen LogP contribution in [0.1, 0.15) is 37.7 Å². The molecule has 3 aromatic rings. The molecule has 1 aromatic carbocycles. The van der Waals surface area contributed by atoms with E-state index in [-0.39, 0.29) is 5.41 Å². The van der Waals surface area contributed by atoms with Crippen LogP contribution in [0.4, 0.5) is 0 Å². The van der Waals surface area contributed by atoms with Crippen molar-refractivity contribution in [3.8, 4) is 11.3 Å². The standard InChI is InChI=1S/C20H22N2/c1-13-6-9-17-16(10-13)11-18(22-19(17)20(3,4)5)15-8-7-14(2)21-12-15/h6-12H,1-5H3. The van der Waals surface area contributed by atoms with Crippen molar-refractivity contribution >= 4 is 10.8 Å². The monoisotopic (exact) mass is 290 g/mol. The van der Waals surface area contributed by atoms with E-state index in [1.54, 1.807) is 0 Å². The highest BCUT2D eigenvalue weighted by molar-refractivity contribution is 5.89. The number of aryl methyl sites for hydroxylation is 2. The highest BCUT2D eigenvalue weighted by Crippen LogP contribution is 2.32. The van der Waals surface area contributed by atoms with Crippen LogP contribution >= 0.6 is 0 Å². The smallest absolute Gasteiger partial charge is 0.0727 e. The van der Waals surface area contributed by atoms with Gasteiger partial charge in [0.25, 0.3) is 0 Å². The first kappa shape index (κ1) is 14.7. The first-order valence-electron chi connectivity index (χ1n) is 7.69. The lowest BCUT2D eigenvalue weighted by Gasteiger charge is -2.21. The largest absolute Gasteiger partial charge is 0.261 e. The van der Waals surface area contributed by atoms with Crippen molar-refractivity contribution in [1.29, 1.82) is 0 Å². The van der Waals surface area contributed by atoms with Crippen LogP contribution in [0.25, 0.3) is 22.0 Å². The molecule has 0 saturated heterocycles. The Morgan fingerprint density at radius 1 is 0.909 bits per heavy atom. The summed E-state index contributed by atoms with van der Waals surface area (Å²) in [5.74, 6) is 0. The van der Waals surface area contributed by atoms with Crippen LogP contribution < -0.4 is 0 Å². The van der Waals surface area contributed by atoms with E-state index in [9.17, 15) is 0 Å². The maximum atomic E-state index is 4.96. The van der Waals surface area contributed by atoms with E-state index < -0.39 is 0 Å². The zero-order chi connectivity index (χ0) is 15.9. The van der Waals surface area contributed by atoms with Gasteiger partial charge in [0, 0.05) is 28.3 Å². The van der Waals surface area contributed by atoms with Gasteiger partial charge in [0.1, 0.15) is 0 Å². The number of hydrogen-bond donors (Lipinski definition) is 0. The summed E-state index contributed by atoms with van der Waals surface area (Å²) >= 11 is 0. The summed E-state index contributed by atoms with van der Waals surface area (Å²) in [6, 6.07) is 12.9. The van der Waals surface area contributed by atoms with E-state index >= 15 is 0 Å². The molecule has 0 radical (unpaired) electrons. The Kier molecular flexibility index (Phi) is 3.48. The lowest BCUT2D eigenvalue weighted by Crippen LogP contribution is -2.14. The summed E-state index contributed by atoms with van der Waals surface area (Å²) in [5.41, 5.74) is 5.50.